The number of nitrogens with zero attached hydrogens (tertiary/aromatic N) is 1. The minimum atomic E-state index is -0.319. The lowest BCUT2D eigenvalue weighted by atomic mass is 10.1. The van der Waals surface area contributed by atoms with Gasteiger partial charge >= 0.3 is 0 Å². The first kappa shape index (κ1) is 17.0. The number of benzene rings is 2. The lowest BCUT2D eigenvalue weighted by Crippen LogP contribution is -2.24. The van der Waals surface area contributed by atoms with Gasteiger partial charge in [0.2, 0.25) is 0 Å². The Morgan fingerprint density at radius 2 is 1.96 bits per heavy atom. The molecule has 0 saturated heterocycles. The van der Waals surface area contributed by atoms with E-state index in [2.05, 4.69) is 16.6 Å². The second-order valence-corrected chi connectivity index (χ2v) is 5.79. The molecule has 5 heteroatoms. The van der Waals surface area contributed by atoms with E-state index >= 15 is 0 Å². The van der Waals surface area contributed by atoms with Crippen LogP contribution < -0.4 is 10.2 Å². The zero-order valence-corrected chi connectivity index (χ0v) is 14.1. The fraction of sp³-hybridized carbons (Fsp3) is 0.222. The van der Waals surface area contributed by atoms with Gasteiger partial charge < -0.3 is 4.74 Å². The normalized spacial score (nSPS) is 10.8. The highest BCUT2D eigenvalue weighted by Crippen LogP contribution is 2.21. The molecule has 0 aliphatic carbocycles. The molecule has 0 unspecified atom stereocenters. The van der Waals surface area contributed by atoms with Crippen LogP contribution in [-0.4, -0.2) is 18.7 Å². The summed E-state index contributed by atoms with van der Waals surface area (Å²) in [6.07, 6.45) is 1.63. The summed E-state index contributed by atoms with van der Waals surface area (Å²) in [6, 6.07) is 11.3. The van der Waals surface area contributed by atoms with E-state index in [1.165, 1.54) is 5.56 Å². The van der Waals surface area contributed by atoms with Gasteiger partial charge in [-0.2, -0.15) is 5.10 Å². The molecule has 2 aromatic carbocycles. The van der Waals surface area contributed by atoms with Gasteiger partial charge in [-0.15, -0.1) is 0 Å². The zero-order chi connectivity index (χ0) is 16.8. The molecule has 23 heavy (non-hydrogen) atoms. The fourth-order valence-corrected chi connectivity index (χ4v) is 2.32. The Hall–Kier alpha value is -2.33. The topological polar surface area (TPSA) is 50.7 Å². The van der Waals surface area contributed by atoms with Crippen molar-refractivity contribution in [1.82, 2.24) is 5.43 Å². The molecular formula is C18H19ClN2O2. The number of carbonyl (C=O) groups is 1. The fourth-order valence-electron chi connectivity index (χ4n) is 2.09. The summed E-state index contributed by atoms with van der Waals surface area (Å²) in [5, 5.41) is 4.59. The lowest BCUT2D eigenvalue weighted by Gasteiger charge is -2.08. The Balaban J connectivity index is 1.86. The standard InChI is InChI=1S/C18H19ClN2O2/c1-12-4-5-15(13(2)8-12)10-20-21-18(22)11-23-17-7-6-16(19)9-14(17)3/h4-10H,11H2,1-3H3,(H,21,22). The van der Waals surface area contributed by atoms with Crippen molar-refractivity contribution in [2.45, 2.75) is 20.8 Å². The average molecular weight is 331 g/mol. The van der Waals surface area contributed by atoms with Gasteiger partial charge in [0, 0.05) is 5.02 Å². The van der Waals surface area contributed by atoms with Crippen molar-refractivity contribution in [3.63, 3.8) is 0 Å². The molecule has 0 aliphatic heterocycles. The van der Waals surface area contributed by atoms with Crippen molar-refractivity contribution in [1.29, 1.82) is 0 Å². The van der Waals surface area contributed by atoms with E-state index in [9.17, 15) is 4.79 Å². The van der Waals surface area contributed by atoms with Gasteiger partial charge in [0.1, 0.15) is 5.75 Å². The van der Waals surface area contributed by atoms with Crippen LogP contribution in [0.2, 0.25) is 5.02 Å². The average Bonchev–Trinajstić information content (AvgIpc) is 2.48. The number of carbonyl (C=O) groups excluding carboxylic acids is 1. The number of hydrogen-bond donors (Lipinski definition) is 1. The number of rotatable bonds is 5. The smallest absolute Gasteiger partial charge is 0.277 e. The molecular weight excluding hydrogens is 312 g/mol. The van der Waals surface area contributed by atoms with Crippen molar-refractivity contribution in [2.75, 3.05) is 6.61 Å². The number of aryl methyl sites for hydroxylation is 3. The molecule has 0 saturated carbocycles. The second kappa shape index (κ2) is 7.79. The monoisotopic (exact) mass is 330 g/mol. The first-order chi connectivity index (χ1) is 11.0. The number of hydrazone groups is 1. The van der Waals surface area contributed by atoms with Crippen LogP contribution in [0.5, 0.6) is 5.75 Å². The molecule has 1 N–H and O–H groups in total. The molecule has 0 fully saturated rings. The van der Waals surface area contributed by atoms with Gasteiger partial charge in [0.05, 0.1) is 6.21 Å². The molecule has 2 aromatic rings. The van der Waals surface area contributed by atoms with Crippen LogP contribution in [-0.2, 0) is 4.79 Å². The third-order valence-corrected chi connectivity index (χ3v) is 3.55. The van der Waals surface area contributed by atoms with Crippen LogP contribution in [0.1, 0.15) is 22.3 Å². The van der Waals surface area contributed by atoms with Crippen LogP contribution in [0.3, 0.4) is 0 Å². The van der Waals surface area contributed by atoms with E-state index in [-0.39, 0.29) is 12.5 Å². The predicted octanol–water partition coefficient (Wildman–Crippen LogP) is 3.79. The van der Waals surface area contributed by atoms with E-state index < -0.39 is 0 Å². The first-order valence-electron chi connectivity index (χ1n) is 7.24. The molecule has 0 heterocycles. The Morgan fingerprint density at radius 3 is 2.65 bits per heavy atom. The van der Waals surface area contributed by atoms with Crippen molar-refractivity contribution in [2.24, 2.45) is 5.10 Å². The third kappa shape index (κ3) is 5.11. The van der Waals surface area contributed by atoms with Crippen LogP contribution >= 0.6 is 11.6 Å². The van der Waals surface area contributed by atoms with E-state index in [1.807, 2.05) is 32.9 Å². The van der Waals surface area contributed by atoms with Gasteiger partial charge in [-0.1, -0.05) is 35.4 Å². The van der Waals surface area contributed by atoms with Gasteiger partial charge in [-0.25, -0.2) is 5.43 Å². The molecule has 0 aromatic heterocycles. The molecule has 0 spiro atoms. The maximum absolute atomic E-state index is 11.7. The van der Waals surface area contributed by atoms with E-state index in [4.69, 9.17) is 16.3 Å². The van der Waals surface area contributed by atoms with Crippen molar-refractivity contribution in [3.8, 4) is 5.75 Å². The Bertz CT molecular complexity index is 742. The lowest BCUT2D eigenvalue weighted by molar-refractivity contribution is -0.123. The summed E-state index contributed by atoms with van der Waals surface area (Å²) < 4.78 is 5.45. The summed E-state index contributed by atoms with van der Waals surface area (Å²) in [7, 11) is 0. The van der Waals surface area contributed by atoms with Crippen molar-refractivity contribution in [3.05, 3.63) is 63.7 Å². The van der Waals surface area contributed by atoms with Crippen LogP contribution in [0, 0.1) is 20.8 Å². The Labute approximate surface area is 141 Å². The SMILES string of the molecule is Cc1ccc(C=NNC(=O)COc2ccc(Cl)cc2C)c(C)c1. The first-order valence-corrected chi connectivity index (χ1v) is 7.61. The summed E-state index contributed by atoms with van der Waals surface area (Å²) in [6.45, 7) is 5.80. The molecule has 120 valence electrons. The second-order valence-electron chi connectivity index (χ2n) is 5.35. The van der Waals surface area contributed by atoms with Gasteiger partial charge in [-0.3, -0.25) is 4.79 Å². The van der Waals surface area contributed by atoms with Gasteiger partial charge in [-0.05, 0) is 55.7 Å². The summed E-state index contributed by atoms with van der Waals surface area (Å²) >= 11 is 5.87. The Morgan fingerprint density at radius 1 is 1.17 bits per heavy atom. The number of nitrogens with one attached hydrogen (secondary N) is 1. The number of ether oxygens (including phenoxy) is 1. The minimum absolute atomic E-state index is 0.104. The van der Waals surface area contributed by atoms with Gasteiger partial charge in [0.25, 0.3) is 5.91 Å². The van der Waals surface area contributed by atoms with Crippen LogP contribution in [0.25, 0.3) is 0 Å². The number of halogens is 1. The maximum atomic E-state index is 11.7. The molecule has 0 bridgehead atoms. The van der Waals surface area contributed by atoms with Crippen molar-refractivity contribution < 1.29 is 9.53 Å². The zero-order valence-electron chi connectivity index (χ0n) is 13.4. The summed E-state index contributed by atoms with van der Waals surface area (Å²) in [5.74, 6) is 0.309. The predicted molar refractivity (Wildman–Crippen MR) is 93.3 cm³/mol. The molecule has 0 radical (unpaired) electrons. The highest BCUT2D eigenvalue weighted by atomic mass is 35.5. The number of amides is 1. The van der Waals surface area contributed by atoms with E-state index in [1.54, 1.807) is 24.4 Å². The molecule has 2 rings (SSSR count). The quantitative estimate of drug-likeness (QED) is 0.669. The molecule has 0 aliphatic rings. The molecule has 1 amide bonds. The van der Waals surface area contributed by atoms with Gasteiger partial charge in [0.15, 0.2) is 6.61 Å². The van der Waals surface area contributed by atoms with Crippen LogP contribution in [0.4, 0.5) is 0 Å². The summed E-state index contributed by atoms with van der Waals surface area (Å²) in [5.41, 5.74) is 6.59. The molecule has 4 nitrogen and oxygen atoms in total. The minimum Gasteiger partial charge on any atom is -0.483 e. The van der Waals surface area contributed by atoms with Crippen LogP contribution in [0.15, 0.2) is 41.5 Å². The number of hydrogen-bond acceptors (Lipinski definition) is 3. The summed E-state index contributed by atoms with van der Waals surface area (Å²) in [4.78, 5) is 11.7. The van der Waals surface area contributed by atoms with E-state index in [0.717, 1.165) is 16.7 Å². The van der Waals surface area contributed by atoms with Crippen molar-refractivity contribution >= 4 is 23.7 Å². The van der Waals surface area contributed by atoms with E-state index in [0.29, 0.717) is 10.8 Å². The highest BCUT2D eigenvalue weighted by molar-refractivity contribution is 6.30. The maximum Gasteiger partial charge on any atom is 0.277 e. The highest BCUT2D eigenvalue weighted by Gasteiger charge is 2.04. The Kier molecular flexibility index (Phi) is 5.77. The molecule has 0 atom stereocenters. The third-order valence-electron chi connectivity index (χ3n) is 3.31. The largest absolute Gasteiger partial charge is 0.483 e.